The summed E-state index contributed by atoms with van der Waals surface area (Å²) in [4.78, 5) is 0. The molecule has 0 spiro atoms. The molecule has 1 aliphatic rings. The molecule has 1 unspecified atom stereocenters. The zero-order valence-corrected chi connectivity index (χ0v) is 13.7. The third-order valence-corrected chi connectivity index (χ3v) is 7.21. The molecule has 0 fully saturated rings. The summed E-state index contributed by atoms with van der Waals surface area (Å²) in [6.45, 7) is 1.40. The fourth-order valence-electron chi connectivity index (χ4n) is 1.78. The summed E-state index contributed by atoms with van der Waals surface area (Å²) in [6, 6.07) is 1.49. The number of sulfonamides is 1. The first-order valence-electron chi connectivity index (χ1n) is 5.68. The number of fused-ring (bicyclic) bond motifs is 1. The van der Waals surface area contributed by atoms with Crippen molar-refractivity contribution in [3.8, 4) is 0 Å². The molecule has 108 valence electrons. The molecule has 0 radical (unpaired) electrons. The lowest BCUT2D eigenvalue weighted by Crippen LogP contribution is -2.27. The second kappa shape index (κ2) is 6.33. The molecule has 1 aliphatic heterocycles. The maximum absolute atomic E-state index is 11.3. The van der Waals surface area contributed by atoms with Crippen LogP contribution in [0.15, 0.2) is 14.5 Å². The van der Waals surface area contributed by atoms with Crippen molar-refractivity contribution in [1.82, 2.24) is 4.31 Å². The van der Waals surface area contributed by atoms with Crippen LogP contribution < -0.4 is 5.14 Å². The van der Waals surface area contributed by atoms with Gasteiger partial charge in [0.05, 0.1) is 10.3 Å². The van der Waals surface area contributed by atoms with Crippen LogP contribution in [0.1, 0.15) is 18.1 Å². The summed E-state index contributed by atoms with van der Waals surface area (Å²) in [6.07, 6.45) is 2.47. The Morgan fingerprint density at radius 1 is 1.63 bits per heavy atom. The molecule has 0 aliphatic carbocycles. The summed E-state index contributed by atoms with van der Waals surface area (Å²) >= 11 is 4.44. The number of thiophene rings is 1. The molecule has 5 nitrogen and oxygen atoms in total. The molecular weight excluding hydrogens is 324 g/mol. The summed E-state index contributed by atoms with van der Waals surface area (Å²) in [5.41, 5.74) is 0.681. The highest BCUT2D eigenvalue weighted by atomic mass is 32.3. The lowest BCUT2D eigenvalue weighted by atomic mass is 10.2. The van der Waals surface area contributed by atoms with Gasteiger partial charge < -0.3 is 5.11 Å². The molecule has 0 saturated carbocycles. The van der Waals surface area contributed by atoms with E-state index in [0.717, 1.165) is 34.3 Å². The van der Waals surface area contributed by atoms with E-state index in [1.807, 2.05) is 0 Å². The maximum Gasteiger partial charge on any atom is 0.247 e. The minimum atomic E-state index is -3.69. The van der Waals surface area contributed by atoms with Crippen molar-refractivity contribution in [3.05, 3.63) is 11.6 Å². The van der Waals surface area contributed by atoms with Crippen molar-refractivity contribution >= 4 is 45.1 Å². The quantitative estimate of drug-likeness (QED) is 0.624. The Bertz CT molecular complexity index is 543. The number of rotatable bonds is 5. The molecule has 0 bridgehead atoms. The minimum Gasteiger partial charge on any atom is -0.387 e. The van der Waals surface area contributed by atoms with E-state index in [1.54, 1.807) is 11.8 Å². The zero-order chi connectivity index (χ0) is 14.0. The van der Waals surface area contributed by atoms with Gasteiger partial charge in [0, 0.05) is 18.7 Å². The molecule has 9 heteroatoms. The van der Waals surface area contributed by atoms with Gasteiger partial charge in [-0.15, -0.1) is 11.3 Å². The van der Waals surface area contributed by atoms with Crippen LogP contribution in [0.3, 0.4) is 0 Å². The van der Waals surface area contributed by atoms with E-state index < -0.39 is 16.1 Å². The smallest absolute Gasteiger partial charge is 0.247 e. The van der Waals surface area contributed by atoms with E-state index in [-0.39, 0.29) is 4.21 Å². The average molecular weight is 341 g/mol. The summed E-state index contributed by atoms with van der Waals surface area (Å²) in [5.74, 6) is 1.08. The molecule has 0 saturated heterocycles. The van der Waals surface area contributed by atoms with Crippen LogP contribution in [0.2, 0.25) is 0 Å². The van der Waals surface area contributed by atoms with Crippen LogP contribution in [-0.4, -0.2) is 42.9 Å². The second-order valence-corrected chi connectivity index (χ2v) is 9.39. The van der Waals surface area contributed by atoms with Crippen LogP contribution in [0.4, 0.5) is 0 Å². The zero-order valence-electron chi connectivity index (χ0n) is 10.4. The lowest BCUT2D eigenvalue weighted by molar-refractivity contribution is 0.145. The van der Waals surface area contributed by atoms with Crippen molar-refractivity contribution in [2.45, 2.75) is 20.9 Å². The van der Waals surface area contributed by atoms with E-state index >= 15 is 0 Å². The van der Waals surface area contributed by atoms with Crippen molar-refractivity contribution in [1.29, 1.82) is 0 Å². The van der Waals surface area contributed by atoms with Crippen molar-refractivity contribution in [2.24, 2.45) is 5.14 Å². The predicted molar refractivity (Wildman–Crippen MR) is 81.1 cm³/mol. The Kier molecular flexibility index (Phi) is 5.21. The van der Waals surface area contributed by atoms with Gasteiger partial charge in [-0.25, -0.2) is 17.9 Å². The van der Waals surface area contributed by atoms with Gasteiger partial charge in [0.2, 0.25) is 10.0 Å². The SMILES string of the molecule is CSCCCN1CC(O)c2cc(S(N)(=O)=O)sc2S1. The Morgan fingerprint density at radius 3 is 3.00 bits per heavy atom. The topological polar surface area (TPSA) is 83.6 Å². The molecular formula is C10H16N2O3S4. The first-order chi connectivity index (χ1) is 8.91. The number of aliphatic hydroxyl groups excluding tert-OH is 1. The third kappa shape index (κ3) is 3.87. The van der Waals surface area contributed by atoms with Crippen molar-refractivity contribution < 1.29 is 13.5 Å². The van der Waals surface area contributed by atoms with Crippen LogP contribution in [0.5, 0.6) is 0 Å². The number of nitrogens with zero attached hydrogens (tertiary/aromatic N) is 1. The van der Waals surface area contributed by atoms with Crippen molar-refractivity contribution in [2.75, 3.05) is 25.1 Å². The van der Waals surface area contributed by atoms with Crippen LogP contribution in [0.25, 0.3) is 0 Å². The number of primary sulfonamides is 1. The largest absolute Gasteiger partial charge is 0.387 e. The Labute approximate surface area is 125 Å². The number of β-amino-alcohol motifs (C(OH)–C–C–N with tert-alkyl or cyclic N) is 1. The first-order valence-corrected chi connectivity index (χ1v) is 10.2. The van der Waals surface area contributed by atoms with E-state index in [9.17, 15) is 13.5 Å². The van der Waals surface area contributed by atoms with Gasteiger partial charge >= 0.3 is 0 Å². The highest BCUT2D eigenvalue weighted by Crippen LogP contribution is 2.43. The average Bonchev–Trinajstić information content (AvgIpc) is 2.73. The molecule has 19 heavy (non-hydrogen) atoms. The Hall–Kier alpha value is 0.230. The van der Waals surface area contributed by atoms with E-state index in [1.165, 1.54) is 18.0 Å². The molecule has 1 aromatic heterocycles. The number of nitrogens with two attached hydrogens (primary N) is 1. The minimum absolute atomic E-state index is 0.120. The van der Waals surface area contributed by atoms with Crippen LogP contribution in [-0.2, 0) is 10.0 Å². The van der Waals surface area contributed by atoms with Crippen molar-refractivity contribution in [3.63, 3.8) is 0 Å². The molecule has 2 rings (SSSR count). The fourth-order valence-corrected chi connectivity index (χ4v) is 5.75. The van der Waals surface area contributed by atoms with E-state index in [0.29, 0.717) is 12.1 Å². The number of hydrogen-bond donors (Lipinski definition) is 2. The summed E-state index contributed by atoms with van der Waals surface area (Å²) < 4.78 is 25.7. The van der Waals surface area contributed by atoms with Gasteiger partial charge in [0.25, 0.3) is 0 Å². The predicted octanol–water partition coefficient (Wildman–Crippen LogP) is 1.50. The highest BCUT2D eigenvalue weighted by Gasteiger charge is 2.29. The number of thioether (sulfide) groups is 1. The third-order valence-electron chi connectivity index (χ3n) is 2.69. The summed E-state index contributed by atoms with van der Waals surface area (Å²) in [7, 11) is -3.69. The van der Waals surface area contributed by atoms with E-state index in [4.69, 9.17) is 5.14 Å². The highest BCUT2D eigenvalue weighted by molar-refractivity contribution is 7.99. The number of hydrogen-bond acceptors (Lipinski definition) is 7. The summed E-state index contributed by atoms with van der Waals surface area (Å²) in [5, 5.41) is 15.2. The molecule has 2 heterocycles. The molecule has 0 aromatic carbocycles. The standard InChI is InChI=1S/C10H16N2O3S4/c1-16-4-2-3-12-6-8(13)7-5-9(19(11,14)15)17-10(7)18-12/h5,8,13H,2-4,6H2,1H3,(H2,11,14,15). The van der Waals surface area contributed by atoms with Gasteiger partial charge in [0.1, 0.15) is 4.21 Å². The van der Waals surface area contributed by atoms with Crippen LogP contribution >= 0.6 is 35.0 Å². The second-order valence-electron chi connectivity index (χ2n) is 4.19. The van der Waals surface area contributed by atoms with Gasteiger partial charge in [-0.2, -0.15) is 11.8 Å². The lowest BCUT2D eigenvalue weighted by Gasteiger charge is -2.28. The van der Waals surface area contributed by atoms with Gasteiger partial charge in [-0.1, -0.05) is 0 Å². The maximum atomic E-state index is 11.3. The molecule has 1 aromatic rings. The number of aliphatic hydroxyl groups is 1. The van der Waals surface area contributed by atoms with Gasteiger partial charge in [0.15, 0.2) is 0 Å². The molecule has 0 amide bonds. The van der Waals surface area contributed by atoms with E-state index in [2.05, 4.69) is 10.6 Å². The Morgan fingerprint density at radius 2 is 2.37 bits per heavy atom. The van der Waals surface area contributed by atoms with Crippen LogP contribution in [0, 0.1) is 0 Å². The van der Waals surface area contributed by atoms with Gasteiger partial charge in [-0.05, 0) is 36.4 Å². The normalized spacial score (nSPS) is 20.5. The Balaban J connectivity index is 2.13. The molecule has 3 N–H and O–H groups in total. The van der Waals surface area contributed by atoms with Gasteiger partial charge in [-0.3, -0.25) is 0 Å². The first kappa shape index (κ1) is 15.6. The monoisotopic (exact) mass is 340 g/mol. The fraction of sp³-hybridized carbons (Fsp3) is 0.600. The molecule has 1 atom stereocenters.